The third-order valence-electron chi connectivity index (χ3n) is 4.58. The van der Waals surface area contributed by atoms with E-state index in [9.17, 15) is 14.0 Å². The average Bonchev–Trinajstić information content (AvgIpc) is 3.19. The van der Waals surface area contributed by atoms with E-state index >= 15 is 0 Å². The molecule has 0 radical (unpaired) electrons. The van der Waals surface area contributed by atoms with Gasteiger partial charge in [0.25, 0.3) is 5.91 Å². The highest BCUT2D eigenvalue weighted by Crippen LogP contribution is 2.25. The van der Waals surface area contributed by atoms with Crippen molar-refractivity contribution < 1.29 is 18.7 Å². The number of hydrogen-bond donors (Lipinski definition) is 2. The fourth-order valence-electron chi connectivity index (χ4n) is 3.02. The number of anilines is 1. The summed E-state index contributed by atoms with van der Waals surface area (Å²) in [6, 6.07) is 20.1. The molecule has 3 aromatic carbocycles. The van der Waals surface area contributed by atoms with Crippen molar-refractivity contribution in [1.29, 1.82) is 0 Å². The molecule has 1 amide bonds. The summed E-state index contributed by atoms with van der Waals surface area (Å²) in [4.78, 5) is 32.8. The number of benzene rings is 3. The van der Waals surface area contributed by atoms with Crippen LogP contribution in [0.15, 0.2) is 72.8 Å². The molecule has 4 aromatic rings. The van der Waals surface area contributed by atoms with Gasteiger partial charge < -0.3 is 15.0 Å². The molecule has 150 valence electrons. The van der Waals surface area contributed by atoms with Crippen LogP contribution in [-0.2, 0) is 9.53 Å². The fraction of sp³-hybridized carbons (Fsp3) is 0.0870. The van der Waals surface area contributed by atoms with Crippen molar-refractivity contribution in [3.05, 3.63) is 84.2 Å². The Morgan fingerprint density at radius 2 is 1.70 bits per heavy atom. The van der Waals surface area contributed by atoms with Gasteiger partial charge in [-0.05, 0) is 37.3 Å². The smallest absolute Gasteiger partial charge is 0.339 e. The quantitative estimate of drug-likeness (QED) is 0.479. The van der Waals surface area contributed by atoms with E-state index in [0.29, 0.717) is 11.4 Å². The molecule has 7 heteroatoms. The average molecular weight is 403 g/mol. The van der Waals surface area contributed by atoms with Gasteiger partial charge in [0.1, 0.15) is 11.6 Å². The van der Waals surface area contributed by atoms with Crippen molar-refractivity contribution in [2.24, 2.45) is 0 Å². The van der Waals surface area contributed by atoms with Gasteiger partial charge in [-0.25, -0.2) is 14.2 Å². The molecule has 0 aliphatic carbocycles. The number of ether oxygens (including phenoxy) is 1. The Labute approximate surface area is 171 Å². The van der Waals surface area contributed by atoms with Crippen molar-refractivity contribution in [2.75, 3.05) is 5.32 Å². The van der Waals surface area contributed by atoms with Gasteiger partial charge in [0, 0.05) is 5.56 Å². The summed E-state index contributed by atoms with van der Waals surface area (Å²) in [6.07, 6.45) is -1.12. The van der Waals surface area contributed by atoms with Crippen LogP contribution < -0.4 is 5.32 Å². The van der Waals surface area contributed by atoms with Crippen LogP contribution in [0.1, 0.15) is 17.3 Å². The molecule has 4 rings (SSSR count). The Morgan fingerprint density at radius 1 is 1.00 bits per heavy atom. The van der Waals surface area contributed by atoms with E-state index < -0.39 is 23.8 Å². The molecule has 0 saturated carbocycles. The molecule has 1 atom stereocenters. The normalized spacial score (nSPS) is 11.8. The zero-order valence-corrected chi connectivity index (χ0v) is 16.1. The number of H-pyrrole nitrogens is 1. The molecule has 1 aromatic heterocycles. The van der Waals surface area contributed by atoms with Gasteiger partial charge in [-0.15, -0.1) is 0 Å². The van der Waals surface area contributed by atoms with Crippen LogP contribution >= 0.6 is 0 Å². The first-order valence-electron chi connectivity index (χ1n) is 9.33. The van der Waals surface area contributed by atoms with Crippen molar-refractivity contribution in [3.63, 3.8) is 0 Å². The number of esters is 1. The number of nitrogens with one attached hydrogen (secondary N) is 2. The molecule has 30 heavy (non-hydrogen) atoms. The van der Waals surface area contributed by atoms with Gasteiger partial charge in [0.15, 0.2) is 6.10 Å². The van der Waals surface area contributed by atoms with E-state index in [4.69, 9.17) is 4.74 Å². The first kappa shape index (κ1) is 19.3. The molecular formula is C23H18FN3O3. The summed E-state index contributed by atoms with van der Waals surface area (Å²) >= 11 is 0. The zero-order valence-electron chi connectivity index (χ0n) is 16.1. The van der Waals surface area contributed by atoms with Crippen LogP contribution in [0.2, 0.25) is 0 Å². The lowest BCUT2D eigenvalue weighted by Gasteiger charge is -2.15. The molecule has 6 nitrogen and oxygen atoms in total. The monoisotopic (exact) mass is 403 g/mol. The van der Waals surface area contributed by atoms with Crippen molar-refractivity contribution in [1.82, 2.24) is 9.97 Å². The highest BCUT2D eigenvalue weighted by Gasteiger charge is 2.22. The third kappa shape index (κ3) is 3.91. The lowest BCUT2D eigenvalue weighted by atomic mass is 10.1. The van der Waals surface area contributed by atoms with Crippen LogP contribution in [0.3, 0.4) is 0 Å². The second-order valence-corrected chi connectivity index (χ2v) is 6.66. The molecule has 1 unspecified atom stereocenters. The third-order valence-corrected chi connectivity index (χ3v) is 4.58. The maximum Gasteiger partial charge on any atom is 0.339 e. The Balaban J connectivity index is 1.54. The molecular weight excluding hydrogens is 385 g/mol. The van der Waals surface area contributed by atoms with Crippen molar-refractivity contribution >= 4 is 28.6 Å². The largest absolute Gasteiger partial charge is 0.449 e. The SMILES string of the molecule is CC(OC(=O)c1ccccc1-c1nc2ccccc2[nH]1)C(=O)Nc1ccccc1F. The van der Waals surface area contributed by atoms with Crippen molar-refractivity contribution in [2.45, 2.75) is 13.0 Å². The van der Waals surface area contributed by atoms with Crippen LogP contribution in [-0.4, -0.2) is 27.9 Å². The number of carbonyl (C=O) groups excluding carboxylic acids is 2. The Bertz CT molecular complexity index is 1200. The second-order valence-electron chi connectivity index (χ2n) is 6.66. The number of rotatable bonds is 5. The van der Waals surface area contributed by atoms with E-state index in [1.807, 2.05) is 24.3 Å². The number of imidazole rings is 1. The van der Waals surface area contributed by atoms with Crippen LogP contribution in [0, 0.1) is 5.82 Å². The Hall–Kier alpha value is -4.00. The molecule has 0 bridgehead atoms. The number of hydrogen-bond acceptors (Lipinski definition) is 4. The maximum absolute atomic E-state index is 13.7. The molecule has 0 fully saturated rings. The van der Waals surface area contributed by atoms with Crippen molar-refractivity contribution in [3.8, 4) is 11.4 Å². The number of aromatic nitrogens is 2. The number of nitrogens with zero attached hydrogens (tertiary/aromatic N) is 1. The van der Waals surface area contributed by atoms with E-state index in [2.05, 4.69) is 15.3 Å². The molecule has 0 aliphatic rings. The van der Waals surface area contributed by atoms with Gasteiger partial charge >= 0.3 is 5.97 Å². The van der Waals surface area contributed by atoms with Gasteiger partial charge in [0.2, 0.25) is 0 Å². The maximum atomic E-state index is 13.7. The first-order valence-corrected chi connectivity index (χ1v) is 9.33. The topological polar surface area (TPSA) is 84.1 Å². The Morgan fingerprint density at radius 3 is 2.50 bits per heavy atom. The van der Waals surface area contributed by atoms with Gasteiger partial charge in [-0.3, -0.25) is 4.79 Å². The minimum atomic E-state index is -1.12. The number of halogens is 1. The Kier molecular flexibility index (Phi) is 5.26. The van der Waals surface area contributed by atoms with Crippen LogP contribution in [0.4, 0.5) is 10.1 Å². The summed E-state index contributed by atoms with van der Waals surface area (Å²) in [5, 5.41) is 2.42. The standard InChI is InChI=1S/C23H18FN3O3/c1-14(22(28)27-18-11-5-4-10-17(18)24)30-23(29)16-9-3-2-8-15(16)21-25-19-12-6-7-13-20(19)26-21/h2-14H,1H3,(H,25,26)(H,27,28). The summed E-state index contributed by atoms with van der Waals surface area (Å²) in [5.41, 5.74) is 2.46. The molecule has 2 N–H and O–H groups in total. The van der Waals surface area contributed by atoms with Gasteiger partial charge in [-0.1, -0.05) is 42.5 Å². The summed E-state index contributed by atoms with van der Waals surface area (Å²) in [6.45, 7) is 1.43. The number of fused-ring (bicyclic) bond motifs is 1. The number of carbonyl (C=O) groups is 2. The number of aromatic amines is 1. The number of amides is 1. The predicted molar refractivity (Wildman–Crippen MR) is 111 cm³/mol. The van der Waals surface area contributed by atoms with E-state index in [1.165, 1.54) is 25.1 Å². The first-order chi connectivity index (χ1) is 14.5. The lowest BCUT2D eigenvalue weighted by molar-refractivity contribution is -0.123. The second kappa shape index (κ2) is 8.16. The van der Waals surface area contributed by atoms with Gasteiger partial charge in [0.05, 0.1) is 22.3 Å². The predicted octanol–water partition coefficient (Wildman–Crippen LogP) is 4.55. The molecule has 0 aliphatic heterocycles. The molecule has 0 spiro atoms. The lowest BCUT2D eigenvalue weighted by Crippen LogP contribution is -2.30. The number of para-hydroxylation sites is 3. The zero-order chi connectivity index (χ0) is 21.1. The minimum absolute atomic E-state index is 0.0214. The van der Waals surface area contributed by atoms with E-state index in [0.717, 1.165) is 11.0 Å². The van der Waals surface area contributed by atoms with Gasteiger partial charge in [-0.2, -0.15) is 0 Å². The fourth-order valence-corrected chi connectivity index (χ4v) is 3.02. The summed E-state index contributed by atoms with van der Waals surface area (Å²) in [7, 11) is 0. The summed E-state index contributed by atoms with van der Waals surface area (Å²) in [5.74, 6) is -1.36. The highest BCUT2D eigenvalue weighted by molar-refractivity contribution is 6.00. The molecule has 0 saturated heterocycles. The molecule has 1 heterocycles. The minimum Gasteiger partial charge on any atom is -0.449 e. The summed E-state index contributed by atoms with van der Waals surface area (Å²) < 4.78 is 19.1. The van der Waals surface area contributed by atoms with Crippen LogP contribution in [0.5, 0.6) is 0 Å². The van der Waals surface area contributed by atoms with E-state index in [-0.39, 0.29) is 11.3 Å². The highest BCUT2D eigenvalue weighted by atomic mass is 19.1. The van der Waals surface area contributed by atoms with Crippen LogP contribution in [0.25, 0.3) is 22.4 Å². The van der Waals surface area contributed by atoms with E-state index in [1.54, 1.807) is 30.3 Å².